The van der Waals surface area contributed by atoms with Gasteiger partial charge in [-0.1, -0.05) is 50.6 Å². The first-order valence-corrected chi connectivity index (χ1v) is 14.4. The predicted molar refractivity (Wildman–Crippen MR) is 132 cm³/mol. The first kappa shape index (κ1) is 27.6. The molecule has 0 aromatic rings. The molecule has 5 heteroatoms. The monoisotopic (exact) mass is 448 g/mol. The maximum atomic E-state index is 12.7. The second-order valence-electron chi connectivity index (χ2n) is 10.9. The van der Waals surface area contributed by atoms with E-state index in [1.807, 2.05) is 13.8 Å². The van der Waals surface area contributed by atoms with Crippen molar-refractivity contribution in [1.29, 1.82) is 0 Å². The molecule has 0 radical (unpaired) electrons. The van der Waals surface area contributed by atoms with Gasteiger partial charge in [0, 0.05) is 5.92 Å². The fourth-order valence-corrected chi connectivity index (χ4v) is 5.26. The minimum atomic E-state index is -2.24. The molecule has 0 spiro atoms. The highest BCUT2D eigenvalue weighted by Gasteiger charge is 2.45. The molecule has 1 rings (SSSR count). The van der Waals surface area contributed by atoms with E-state index in [1.54, 1.807) is 6.92 Å². The quantitative estimate of drug-likeness (QED) is 0.365. The van der Waals surface area contributed by atoms with Gasteiger partial charge >= 0.3 is 5.97 Å². The fraction of sp³-hybridized carbons (Fsp3) is 0.692. The van der Waals surface area contributed by atoms with Crippen molar-refractivity contribution in [3.63, 3.8) is 0 Å². The SMILES string of the molecule is C=C(C)[C@H]1C[C@@H](C(C)=O)C/C=C(\C)CC/C=C(\C)[C@H](O[Si](C)(C)C(C)(C)C)[C@H]1C(=O)O. The summed E-state index contributed by atoms with van der Waals surface area (Å²) in [6, 6.07) is 0. The lowest BCUT2D eigenvalue weighted by Crippen LogP contribution is -2.49. The van der Waals surface area contributed by atoms with Crippen LogP contribution in [0.3, 0.4) is 0 Å². The number of Topliss-reactive ketones (excluding diaryl/α,β-unsaturated/α-hetero) is 1. The summed E-state index contributed by atoms with van der Waals surface area (Å²) in [4.78, 5) is 25.1. The van der Waals surface area contributed by atoms with Gasteiger partial charge in [0.25, 0.3) is 0 Å². The third-order valence-electron chi connectivity index (χ3n) is 7.22. The second kappa shape index (κ2) is 10.9. The Balaban J connectivity index is 3.62. The van der Waals surface area contributed by atoms with Crippen molar-refractivity contribution in [2.45, 2.75) is 98.4 Å². The molecule has 0 saturated carbocycles. The van der Waals surface area contributed by atoms with Crippen molar-refractivity contribution >= 4 is 20.1 Å². The van der Waals surface area contributed by atoms with Crippen LogP contribution in [0, 0.1) is 17.8 Å². The van der Waals surface area contributed by atoms with Crippen LogP contribution >= 0.6 is 0 Å². The van der Waals surface area contributed by atoms with Crippen LogP contribution in [0.1, 0.15) is 74.1 Å². The smallest absolute Gasteiger partial charge is 0.310 e. The number of hydrogen-bond acceptors (Lipinski definition) is 3. The molecular weight excluding hydrogens is 404 g/mol. The van der Waals surface area contributed by atoms with Crippen LogP contribution in [-0.4, -0.2) is 31.3 Å². The lowest BCUT2D eigenvalue weighted by Gasteiger charge is -2.43. The number of carboxylic acids is 1. The summed E-state index contributed by atoms with van der Waals surface area (Å²) < 4.78 is 6.79. The van der Waals surface area contributed by atoms with E-state index in [-0.39, 0.29) is 22.7 Å². The van der Waals surface area contributed by atoms with Gasteiger partial charge in [0.15, 0.2) is 8.32 Å². The fourth-order valence-electron chi connectivity index (χ4n) is 3.93. The minimum absolute atomic E-state index is 0.0417. The maximum Gasteiger partial charge on any atom is 0.310 e. The van der Waals surface area contributed by atoms with Crippen LogP contribution in [0.2, 0.25) is 18.1 Å². The van der Waals surface area contributed by atoms with Gasteiger partial charge in [0.05, 0.1) is 12.0 Å². The Morgan fingerprint density at radius 1 is 1.16 bits per heavy atom. The largest absolute Gasteiger partial charge is 0.481 e. The molecule has 0 amide bonds. The number of ketones is 1. The number of allylic oxidation sites excluding steroid dienone is 4. The molecule has 0 aromatic heterocycles. The summed E-state index contributed by atoms with van der Waals surface area (Å²) in [5, 5.41) is 10.3. The standard InChI is InChI=1S/C26H44O4Si/c1-17(2)22-16-21(20(5)27)15-14-18(3)12-11-13-19(4)24(23(22)25(28)29)30-31(9,10)26(6,7)8/h13-14,21-24H,1,11-12,15-16H2,2-10H3,(H,28,29)/b18-14+,19-13+/t21-,22+,23-,24-/m0/s1. The van der Waals surface area contributed by atoms with Gasteiger partial charge in [-0.05, 0) is 83.0 Å². The molecule has 1 N–H and O–H groups in total. The zero-order valence-electron chi connectivity index (χ0n) is 21.2. The first-order valence-electron chi connectivity index (χ1n) is 11.5. The van der Waals surface area contributed by atoms with Gasteiger partial charge in [-0.15, -0.1) is 0 Å². The normalized spacial score (nSPS) is 30.1. The molecular formula is C26H44O4Si. The molecule has 0 aromatic carbocycles. The Hall–Kier alpha value is -1.46. The number of carbonyl (C=O) groups excluding carboxylic acids is 1. The summed E-state index contributed by atoms with van der Waals surface area (Å²) in [7, 11) is -2.24. The van der Waals surface area contributed by atoms with Gasteiger partial charge in [-0.2, -0.15) is 0 Å². The van der Waals surface area contributed by atoms with E-state index in [0.717, 1.165) is 24.0 Å². The summed E-state index contributed by atoms with van der Waals surface area (Å²) in [6.45, 7) is 22.6. The predicted octanol–water partition coefficient (Wildman–Crippen LogP) is 6.94. The van der Waals surface area contributed by atoms with Crippen molar-refractivity contribution in [1.82, 2.24) is 0 Å². The number of hydrogen-bond donors (Lipinski definition) is 1. The highest BCUT2D eigenvalue weighted by Crippen LogP contribution is 2.42. The molecule has 176 valence electrons. The Kier molecular flexibility index (Phi) is 9.70. The Morgan fingerprint density at radius 3 is 2.19 bits per heavy atom. The van der Waals surface area contributed by atoms with Crippen LogP contribution < -0.4 is 0 Å². The van der Waals surface area contributed by atoms with Crippen molar-refractivity contribution < 1.29 is 19.1 Å². The van der Waals surface area contributed by atoms with Crippen molar-refractivity contribution in [2.75, 3.05) is 0 Å². The first-order chi connectivity index (χ1) is 14.1. The Labute approximate surface area is 191 Å². The molecule has 0 unspecified atom stereocenters. The summed E-state index contributed by atoms with van der Waals surface area (Å²) >= 11 is 0. The lowest BCUT2D eigenvalue weighted by atomic mass is 9.74. The molecule has 0 saturated heterocycles. The van der Waals surface area contributed by atoms with Crippen LogP contribution in [0.5, 0.6) is 0 Å². The lowest BCUT2D eigenvalue weighted by molar-refractivity contribution is -0.147. The van der Waals surface area contributed by atoms with Crippen molar-refractivity contribution in [2.24, 2.45) is 17.8 Å². The third-order valence-corrected chi connectivity index (χ3v) is 11.7. The van der Waals surface area contributed by atoms with E-state index in [9.17, 15) is 14.7 Å². The van der Waals surface area contributed by atoms with Gasteiger partial charge in [-0.25, -0.2) is 0 Å². The highest BCUT2D eigenvalue weighted by molar-refractivity contribution is 6.74. The van der Waals surface area contributed by atoms with Crippen molar-refractivity contribution in [3.05, 3.63) is 35.5 Å². The molecule has 4 atom stereocenters. The van der Waals surface area contributed by atoms with Gasteiger partial charge in [-0.3, -0.25) is 9.59 Å². The van der Waals surface area contributed by atoms with E-state index in [1.165, 1.54) is 5.57 Å². The summed E-state index contributed by atoms with van der Waals surface area (Å²) in [5.74, 6) is -2.09. The maximum absolute atomic E-state index is 12.7. The van der Waals surface area contributed by atoms with Crippen LogP contribution in [-0.2, 0) is 14.0 Å². The zero-order valence-corrected chi connectivity index (χ0v) is 22.2. The molecule has 4 nitrogen and oxygen atoms in total. The molecule has 0 aliphatic heterocycles. The second-order valence-corrected chi connectivity index (χ2v) is 15.7. The summed E-state index contributed by atoms with van der Waals surface area (Å²) in [6.07, 6.45) is 6.62. The third kappa shape index (κ3) is 7.57. The molecule has 31 heavy (non-hydrogen) atoms. The summed E-state index contributed by atoms with van der Waals surface area (Å²) in [5.41, 5.74) is 3.03. The van der Waals surface area contributed by atoms with Gasteiger partial charge < -0.3 is 9.53 Å². The van der Waals surface area contributed by atoms with E-state index >= 15 is 0 Å². The van der Waals surface area contributed by atoms with E-state index in [2.05, 4.69) is 59.5 Å². The number of aliphatic carboxylic acids is 1. The molecule has 1 aliphatic rings. The van der Waals surface area contributed by atoms with Crippen LogP contribution in [0.4, 0.5) is 0 Å². The van der Waals surface area contributed by atoms with Crippen molar-refractivity contribution in [3.8, 4) is 0 Å². The topological polar surface area (TPSA) is 63.6 Å². The number of carboxylic acid groups (broad SMARTS) is 1. The average molecular weight is 449 g/mol. The number of carbonyl (C=O) groups is 2. The zero-order chi connectivity index (χ0) is 24.1. The molecule has 0 fully saturated rings. The average Bonchev–Trinajstić information content (AvgIpc) is 2.59. The minimum Gasteiger partial charge on any atom is -0.481 e. The van der Waals surface area contributed by atoms with Gasteiger partial charge in [0.1, 0.15) is 5.78 Å². The Bertz CT molecular complexity index is 739. The van der Waals surface area contributed by atoms with E-state index in [0.29, 0.717) is 12.8 Å². The molecule has 1 aliphatic carbocycles. The Morgan fingerprint density at radius 2 is 1.74 bits per heavy atom. The molecule has 0 bridgehead atoms. The highest BCUT2D eigenvalue weighted by atomic mass is 28.4. The van der Waals surface area contributed by atoms with Gasteiger partial charge in [0.2, 0.25) is 0 Å². The number of rotatable bonds is 5. The van der Waals surface area contributed by atoms with Crippen LogP contribution in [0.25, 0.3) is 0 Å². The van der Waals surface area contributed by atoms with E-state index < -0.39 is 26.3 Å². The molecule has 0 heterocycles. The van der Waals surface area contributed by atoms with Crippen LogP contribution in [0.15, 0.2) is 35.5 Å². The van der Waals surface area contributed by atoms with E-state index in [4.69, 9.17) is 4.43 Å².